The zero-order chi connectivity index (χ0) is 17.2. The zero-order valence-electron chi connectivity index (χ0n) is 15.5. The summed E-state index contributed by atoms with van der Waals surface area (Å²) in [6.07, 6.45) is 6.78. The van der Waals surface area contributed by atoms with Gasteiger partial charge in [0.15, 0.2) is 0 Å². The fourth-order valence-electron chi connectivity index (χ4n) is 7.00. The van der Waals surface area contributed by atoms with Crippen LogP contribution in [0.25, 0.3) is 0 Å². The monoisotopic (exact) mass is 338 g/mol. The van der Waals surface area contributed by atoms with E-state index in [-0.39, 0.29) is 23.2 Å². The highest BCUT2D eigenvalue weighted by molar-refractivity contribution is 5.17. The van der Waals surface area contributed by atoms with Crippen LogP contribution in [0.3, 0.4) is 0 Å². The minimum atomic E-state index is -0.411. The van der Waals surface area contributed by atoms with Gasteiger partial charge in [-0.25, -0.2) is 0 Å². The smallest absolute Gasteiger partial charge is 0.0945 e. The average Bonchev–Trinajstić information content (AvgIpc) is 3.18. The molecule has 4 fully saturated rings. The summed E-state index contributed by atoms with van der Waals surface area (Å²) in [6.45, 7) is 8.46. The van der Waals surface area contributed by atoms with E-state index in [9.17, 15) is 10.2 Å². The molecule has 4 heteroatoms. The number of rotatable bonds is 1. The second-order valence-corrected chi connectivity index (χ2v) is 9.64. The van der Waals surface area contributed by atoms with Crippen molar-refractivity contribution in [2.24, 2.45) is 22.7 Å². The molecule has 4 nitrogen and oxygen atoms in total. The highest BCUT2D eigenvalue weighted by atomic mass is 16.6. The molecule has 2 spiro atoms. The molecular formula is C20H34O4. The summed E-state index contributed by atoms with van der Waals surface area (Å²) in [5.74, 6) is 0.837. The molecule has 2 aliphatic carbocycles. The molecule has 7 atom stereocenters. The van der Waals surface area contributed by atoms with Gasteiger partial charge in [-0.3, -0.25) is 0 Å². The number of aliphatic hydroxyl groups excluding tert-OH is 2. The molecule has 0 radical (unpaired) electrons. The molecule has 0 unspecified atom stereocenters. The molecule has 0 aromatic heterocycles. The minimum Gasteiger partial charge on any atom is -0.396 e. The zero-order valence-corrected chi connectivity index (χ0v) is 15.5. The maximum Gasteiger partial charge on any atom is 0.0945 e. The maximum absolute atomic E-state index is 10.7. The van der Waals surface area contributed by atoms with E-state index < -0.39 is 11.5 Å². The number of ether oxygens (including phenoxy) is 2. The van der Waals surface area contributed by atoms with Crippen molar-refractivity contribution in [2.75, 3.05) is 19.8 Å². The first-order valence-corrected chi connectivity index (χ1v) is 9.89. The molecule has 2 aliphatic heterocycles. The Bertz CT molecular complexity index is 502. The van der Waals surface area contributed by atoms with Crippen LogP contribution >= 0.6 is 0 Å². The van der Waals surface area contributed by atoms with Crippen LogP contribution in [-0.4, -0.2) is 47.3 Å². The van der Waals surface area contributed by atoms with E-state index in [1.54, 1.807) is 0 Å². The maximum atomic E-state index is 10.7. The highest BCUT2D eigenvalue weighted by Gasteiger charge is 2.69. The van der Waals surface area contributed by atoms with Crippen molar-refractivity contribution >= 4 is 0 Å². The quantitative estimate of drug-likeness (QED) is 0.772. The Labute approximate surface area is 145 Å². The van der Waals surface area contributed by atoms with E-state index in [1.807, 2.05) is 0 Å². The summed E-state index contributed by atoms with van der Waals surface area (Å²) in [4.78, 5) is 0. The lowest BCUT2D eigenvalue weighted by molar-refractivity contribution is -0.266. The Morgan fingerprint density at radius 3 is 2.50 bits per heavy atom. The van der Waals surface area contributed by atoms with Gasteiger partial charge >= 0.3 is 0 Å². The summed E-state index contributed by atoms with van der Waals surface area (Å²) < 4.78 is 12.7. The van der Waals surface area contributed by atoms with Crippen molar-refractivity contribution in [3.63, 3.8) is 0 Å². The van der Waals surface area contributed by atoms with Crippen molar-refractivity contribution in [3.05, 3.63) is 0 Å². The van der Waals surface area contributed by atoms with Crippen molar-refractivity contribution in [1.29, 1.82) is 0 Å². The highest BCUT2D eigenvalue weighted by Crippen LogP contribution is 2.68. The van der Waals surface area contributed by atoms with Crippen molar-refractivity contribution in [2.45, 2.75) is 83.0 Å². The summed E-state index contributed by atoms with van der Waals surface area (Å²) >= 11 is 0. The predicted octanol–water partition coefficient (Wildman–Crippen LogP) is 2.90. The molecule has 2 N–H and O–H groups in total. The molecule has 138 valence electrons. The van der Waals surface area contributed by atoms with Gasteiger partial charge in [0.25, 0.3) is 0 Å². The van der Waals surface area contributed by atoms with Gasteiger partial charge < -0.3 is 19.7 Å². The second-order valence-electron chi connectivity index (χ2n) is 9.64. The Kier molecular flexibility index (Phi) is 3.90. The van der Waals surface area contributed by atoms with Crippen molar-refractivity contribution in [3.8, 4) is 0 Å². The number of aliphatic hydroxyl groups is 2. The summed E-state index contributed by atoms with van der Waals surface area (Å²) in [7, 11) is 0. The largest absolute Gasteiger partial charge is 0.396 e. The van der Waals surface area contributed by atoms with E-state index in [2.05, 4.69) is 20.8 Å². The fraction of sp³-hybridized carbons (Fsp3) is 1.00. The van der Waals surface area contributed by atoms with Crippen LogP contribution in [0.2, 0.25) is 0 Å². The van der Waals surface area contributed by atoms with Crippen LogP contribution in [0, 0.1) is 22.7 Å². The van der Waals surface area contributed by atoms with E-state index in [1.165, 1.54) is 0 Å². The molecular weight excluding hydrogens is 304 g/mol. The first-order valence-electron chi connectivity index (χ1n) is 9.89. The van der Waals surface area contributed by atoms with Crippen LogP contribution in [0.15, 0.2) is 0 Å². The van der Waals surface area contributed by atoms with Crippen LogP contribution in [0.1, 0.15) is 65.7 Å². The Hall–Kier alpha value is -0.160. The van der Waals surface area contributed by atoms with E-state index >= 15 is 0 Å². The van der Waals surface area contributed by atoms with Crippen LogP contribution in [0.4, 0.5) is 0 Å². The van der Waals surface area contributed by atoms with Gasteiger partial charge in [-0.05, 0) is 50.4 Å². The number of hydrogen-bond acceptors (Lipinski definition) is 4. The van der Waals surface area contributed by atoms with E-state index in [0.29, 0.717) is 11.8 Å². The summed E-state index contributed by atoms with van der Waals surface area (Å²) in [5, 5.41) is 20.8. The molecule has 4 rings (SSSR count). The van der Waals surface area contributed by atoms with E-state index in [4.69, 9.17) is 9.47 Å². The topological polar surface area (TPSA) is 58.9 Å². The molecule has 0 amide bonds. The number of hydrogen-bond donors (Lipinski definition) is 2. The van der Waals surface area contributed by atoms with Gasteiger partial charge in [0.2, 0.25) is 0 Å². The SMILES string of the molecule is C[C@H]1CC[C@H]2[C@](C)(CO)[C@H](O)CC[C@]2(C)[C@@]12CC[C@@]1(CCOC1)O2. The molecule has 2 heterocycles. The molecule has 2 saturated heterocycles. The molecule has 0 aromatic carbocycles. The van der Waals surface area contributed by atoms with Gasteiger partial charge in [-0.15, -0.1) is 0 Å². The number of fused-ring (bicyclic) bond motifs is 2. The first kappa shape index (κ1) is 17.3. The molecule has 0 bridgehead atoms. The van der Waals surface area contributed by atoms with Gasteiger partial charge in [-0.1, -0.05) is 20.8 Å². The molecule has 24 heavy (non-hydrogen) atoms. The normalized spacial score (nSPS) is 57.6. The molecule has 0 aromatic rings. The Morgan fingerprint density at radius 2 is 1.83 bits per heavy atom. The minimum absolute atomic E-state index is 0.0213. The van der Waals surface area contributed by atoms with Crippen LogP contribution < -0.4 is 0 Å². The summed E-state index contributed by atoms with van der Waals surface area (Å²) in [5.41, 5.74) is -0.593. The second kappa shape index (κ2) is 5.42. The van der Waals surface area contributed by atoms with Gasteiger partial charge in [0.05, 0.1) is 30.5 Å². The average molecular weight is 338 g/mol. The third-order valence-corrected chi connectivity index (χ3v) is 8.67. The first-order chi connectivity index (χ1) is 11.3. The van der Waals surface area contributed by atoms with Gasteiger partial charge in [0.1, 0.15) is 0 Å². The lowest BCUT2D eigenvalue weighted by Crippen LogP contribution is -2.66. The van der Waals surface area contributed by atoms with Crippen molar-refractivity contribution < 1.29 is 19.7 Å². The molecule has 2 saturated carbocycles. The van der Waals surface area contributed by atoms with E-state index in [0.717, 1.165) is 58.2 Å². The Balaban J connectivity index is 1.74. The predicted molar refractivity (Wildman–Crippen MR) is 91.6 cm³/mol. The third kappa shape index (κ3) is 2.00. The standard InChI is InChI=1S/C20H34O4/c1-14-4-5-15-17(2,12-21)16(22)6-7-18(15,3)20(14)9-8-19(24-20)10-11-23-13-19/h14-16,21-22H,4-13H2,1-3H3/t14-,15-,16+,17-,18-,19-,20+/m0/s1. The van der Waals surface area contributed by atoms with Gasteiger partial charge in [0, 0.05) is 23.9 Å². The summed E-state index contributed by atoms with van der Waals surface area (Å²) in [6, 6.07) is 0. The van der Waals surface area contributed by atoms with Crippen LogP contribution in [-0.2, 0) is 9.47 Å². The molecule has 4 aliphatic rings. The fourth-order valence-corrected chi connectivity index (χ4v) is 7.00. The lowest BCUT2D eigenvalue weighted by atomic mass is 9.43. The van der Waals surface area contributed by atoms with Crippen molar-refractivity contribution in [1.82, 2.24) is 0 Å². The van der Waals surface area contributed by atoms with Crippen LogP contribution in [0.5, 0.6) is 0 Å². The Morgan fingerprint density at radius 1 is 1.04 bits per heavy atom. The third-order valence-electron chi connectivity index (χ3n) is 8.67. The van der Waals surface area contributed by atoms with Gasteiger partial charge in [-0.2, -0.15) is 0 Å². The lowest BCUT2D eigenvalue weighted by Gasteiger charge is -2.65.